The van der Waals surface area contributed by atoms with E-state index in [1.54, 1.807) is 11.0 Å². The molecule has 2 rings (SSSR count). The van der Waals surface area contributed by atoms with Crippen molar-refractivity contribution in [1.82, 2.24) is 0 Å². The first kappa shape index (κ1) is 10.0. The number of amides is 1. The van der Waals surface area contributed by atoms with Gasteiger partial charge in [0.25, 0.3) is 0 Å². The Kier molecular flexibility index (Phi) is 2.18. The molecule has 1 aliphatic heterocycles. The summed E-state index contributed by atoms with van der Waals surface area (Å²) >= 11 is 0. The summed E-state index contributed by atoms with van der Waals surface area (Å²) in [5.74, 6) is 0.325. The molecule has 3 heteroatoms. The molecule has 0 aromatic heterocycles. The number of hydrogen-bond acceptors (Lipinski definition) is 2. The van der Waals surface area contributed by atoms with Crippen molar-refractivity contribution in [2.45, 2.75) is 33.2 Å². The molecule has 15 heavy (non-hydrogen) atoms. The fourth-order valence-corrected chi connectivity index (χ4v) is 2.26. The van der Waals surface area contributed by atoms with E-state index in [0.717, 1.165) is 35.2 Å². The van der Waals surface area contributed by atoms with Crippen molar-refractivity contribution in [1.29, 1.82) is 0 Å². The van der Waals surface area contributed by atoms with Crippen LogP contribution in [0.25, 0.3) is 0 Å². The maximum Gasteiger partial charge on any atom is 0.214 e. The van der Waals surface area contributed by atoms with Crippen molar-refractivity contribution in [3.05, 3.63) is 22.8 Å². The van der Waals surface area contributed by atoms with Crippen LogP contribution in [0.15, 0.2) is 6.07 Å². The van der Waals surface area contributed by atoms with Crippen molar-refractivity contribution < 1.29 is 9.90 Å². The highest BCUT2D eigenvalue weighted by Gasteiger charge is 2.28. The predicted molar refractivity (Wildman–Crippen MR) is 59.3 cm³/mol. The molecular weight excluding hydrogens is 190 g/mol. The fourth-order valence-electron chi connectivity index (χ4n) is 2.26. The van der Waals surface area contributed by atoms with E-state index in [1.165, 1.54) is 0 Å². The van der Waals surface area contributed by atoms with Crippen LogP contribution in [-0.4, -0.2) is 17.6 Å². The second kappa shape index (κ2) is 3.26. The molecule has 1 unspecified atom stereocenters. The Balaban J connectivity index is 2.66. The molecule has 1 heterocycles. The van der Waals surface area contributed by atoms with Crippen LogP contribution >= 0.6 is 0 Å². The van der Waals surface area contributed by atoms with Gasteiger partial charge in [-0.2, -0.15) is 0 Å². The van der Waals surface area contributed by atoms with E-state index >= 15 is 0 Å². The number of phenolic OH excluding ortho intramolecular Hbond substituents is 1. The molecule has 1 atom stereocenters. The Morgan fingerprint density at radius 1 is 1.47 bits per heavy atom. The number of fused-ring (bicyclic) bond motifs is 1. The van der Waals surface area contributed by atoms with Crippen LogP contribution in [0.5, 0.6) is 5.75 Å². The molecule has 1 aliphatic rings. The quantitative estimate of drug-likeness (QED) is 0.711. The van der Waals surface area contributed by atoms with Crippen molar-refractivity contribution >= 4 is 12.1 Å². The standard InChI is InChI=1S/C12H15NO2/c1-7-4-10-5-11(15)8(2)9(3)12(10)13(7)6-14/h5-7,15H,4H2,1-3H3. The minimum absolute atomic E-state index is 0.192. The lowest BCUT2D eigenvalue weighted by Crippen LogP contribution is -2.27. The molecule has 0 bridgehead atoms. The van der Waals surface area contributed by atoms with Crippen LogP contribution in [-0.2, 0) is 11.2 Å². The highest BCUT2D eigenvalue weighted by atomic mass is 16.3. The molecule has 0 radical (unpaired) electrons. The van der Waals surface area contributed by atoms with Gasteiger partial charge in [0, 0.05) is 6.04 Å². The molecule has 0 spiro atoms. The first-order chi connectivity index (χ1) is 7.06. The van der Waals surface area contributed by atoms with Crippen LogP contribution in [0.4, 0.5) is 5.69 Å². The summed E-state index contributed by atoms with van der Waals surface area (Å²) in [5, 5.41) is 9.70. The number of nitrogens with zero attached hydrogens (tertiary/aromatic N) is 1. The highest BCUT2D eigenvalue weighted by Crippen LogP contribution is 2.39. The number of carbonyl (C=O) groups is 1. The summed E-state index contributed by atoms with van der Waals surface area (Å²) in [4.78, 5) is 12.7. The van der Waals surface area contributed by atoms with Crippen molar-refractivity contribution in [2.75, 3.05) is 4.90 Å². The van der Waals surface area contributed by atoms with Gasteiger partial charge in [0.1, 0.15) is 5.75 Å². The number of phenols is 1. The van der Waals surface area contributed by atoms with Gasteiger partial charge < -0.3 is 10.0 Å². The van der Waals surface area contributed by atoms with Crippen LogP contribution in [0.2, 0.25) is 0 Å². The van der Waals surface area contributed by atoms with Gasteiger partial charge in [0.05, 0.1) is 5.69 Å². The summed E-state index contributed by atoms with van der Waals surface area (Å²) in [6, 6.07) is 1.97. The molecule has 0 fully saturated rings. The lowest BCUT2D eigenvalue weighted by molar-refractivity contribution is -0.107. The maximum absolute atomic E-state index is 11.0. The zero-order chi connectivity index (χ0) is 11.2. The summed E-state index contributed by atoms with van der Waals surface area (Å²) in [6.45, 7) is 5.83. The van der Waals surface area contributed by atoms with Gasteiger partial charge in [0.15, 0.2) is 0 Å². The lowest BCUT2D eigenvalue weighted by Gasteiger charge is -2.19. The third kappa shape index (κ3) is 1.30. The van der Waals surface area contributed by atoms with Crippen LogP contribution < -0.4 is 4.90 Å². The fraction of sp³-hybridized carbons (Fsp3) is 0.417. The van der Waals surface area contributed by atoms with Gasteiger partial charge in [-0.15, -0.1) is 0 Å². The molecule has 1 N–H and O–H groups in total. The summed E-state index contributed by atoms with van der Waals surface area (Å²) in [7, 11) is 0. The average Bonchev–Trinajstić information content (AvgIpc) is 2.50. The van der Waals surface area contributed by atoms with E-state index < -0.39 is 0 Å². The highest BCUT2D eigenvalue weighted by molar-refractivity contribution is 5.84. The third-order valence-corrected chi connectivity index (χ3v) is 3.28. The zero-order valence-corrected chi connectivity index (χ0v) is 9.24. The molecule has 0 saturated heterocycles. The topological polar surface area (TPSA) is 40.5 Å². The van der Waals surface area contributed by atoms with Gasteiger partial charge in [-0.05, 0) is 49.9 Å². The molecule has 1 amide bonds. The number of hydrogen-bond donors (Lipinski definition) is 1. The first-order valence-electron chi connectivity index (χ1n) is 5.12. The summed E-state index contributed by atoms with van der Waals surface area (Å²) in [5.41, 5.74) is 3.90. The Labute approximate surface area is 89.3 Å². The Morgan fingerprint density at radius 2 is 2.13 bits per heavy atom. The molecule has 3 nitrogen and oxygen atoms in total. The zero-order valence-electron chi connectivity index (χ0n) is 9.24. The summed E-state index contributed by atoms with van der Waals surface area (Å²) < 4.78 is 0. The predicted octanol–water partition coefficient (Wildman–Crippen LogP) is 1.92. The monoisotopic (exact) mass is 205 g/mol. The molecule has 0 aliphatic carbocycles. The molecular formula is C12H15NO2. The second-order valence-corrected chi connectivity index (χ2v) is 4.22. The van der Waals surface area contributed by atoms with Gasteiger partial charge in [-0.3, -0.25) is 4.79 Å². The Bertz CT molecular complexity index is 426. The molecule has 1 aromatic carbocycles. The van der Waals surface area contributed by atoms with Crippen LogP contribution in [0.3, 0.4) is 0 Å². The first-order valence-corrected chi connectivity index (χ1v) is 5.12. The normalized spacial score (nSPS) is 19.1. The van der Waals surface area contributed by atoms with Crippen molar-refractivity contribution in [3.63, 3.8) is 0 Å². The van der Waals surface area contributed by atoms with Gasteiger partial charge in [0.2, 0.25) is 6.41 Å². The third-order valence-electron chi connectivity index (χ3n) is 3.28. The van der Waals surface area contributed by atoms with Crippen molar-refractivity contribution in [2.24, 2.45) is 0 Å². The van der Waals surface area contributed by atoms with E-state index in [4.69, 9.17) is 0 Å². The van der Waals surface area contributed by atoms with Gasteiger partial charge >= 0.3 is 0 Å². The van der Waals surface area contributed by atoms with E-state index in [0.29, 0.717) is 5.75 Å². The smallest absolute Gasteiger partial charge is 0.214 e. The van der Waals surface area contributed by atoms with Crippen LogP contribution in [0.1, 0.15) is 23.6 Å². The number of aromatic hydroxyl groups is 1. The Morgan fingerprint density at radius 3 is 2.73 bits per heavy atom. The minimum Gasteiger partial charge on any atom is -0.508 e. The van der Waals surface area contributed by atoms with E-state index in [1.807, 2.05) is 20.8 Å². The SMILES string of the molecule is Cc1c(O)cc2c(c1C)N(C=O)C(C)C2. The van der Waals surface area contributed by atoms with E-state index in [-0.39, 0.29) is 6.04 Å². The molecule has 1 aromatic rings. The maximum atomic E-state index is 11.0. The molecule has 80 valence electrons. The minimum atomic E-state index is 0.192. The Hall–Kier alpha value is -1.51. The number of rotatable bonds is 1. The van der Waals surface area contributed by atoms with Crippen molar-refractivity contribution in [3.8, 4) is 5.75 Å². The largest absolute Gasteiger partial charge is 0.508 e. The van der Waals surface area contributed by atoms with Crippen LogP contribution in [0, 0.1) is 13.8 Å². The van der Waals surface area contributed by atoms with Gasteiger partial charge in [-0.1, -0.05) is 0 Å². The van der Waals surface area contributed by atoms with E-state index in [2.05, 4.69) is 0 Å². The summed E-state index contributed by atoms with van der Waals surface area (Å²) in [6.07, 6.45) is 1.70. The van der Waals surface area contributed by atoms with E-state index in [9.17, 15) is 9.90 Å². The van der Waals surface area contributed by atoms with Gasteiger partial charge in [-0.25, -0.2) is 0 Å². The number of carbonyl (C=O) groups excluding carboxylic acids is 1. The number of benzene rings is 1. The number of anilines is 1. The second-order valence-electron chi connectivity index (χ2n) is 4.22. The lowest BCUT2D eigenvalue weighted by atomic mass is 10.0. The molecule has 0 saturated carbocycles. The average molecular weight is 205 g/mol.